The molecule has 0 aliphatic carbocycles. The lowest BCUT2D eigenvalue weighted by Crippen LogP contribution is -2.04. The molecule has 16 heavy (non-hydrogen) atoms. The number of nitro groups is 1. The van der Waals surface area contributed by atoms with Gasteiger partial charge in [0.25, 0.3) is 0 Å². The molecule has 0 radical (unpaired) electrons. The predicted molar refractivity (Wildman–Crippen MR) is 56.0 cm³/mol. The molecule has 86 valence electrons. The summed E-state index contributed by atoms with van der Waals surface area (Å²) in [6.07, 6.45) is -0.384. The zero-order valence-electron chi connectivity index (χ0n) is 8.27. The number of rotatable bonds is 4. The van der Waals surface area contributed by atoms with Gasteiger partial charge in [0, 0.05) is 16.7 Å². The predicted octanol–water partition coefficient (Wildman–Crippen LogP) is 1.88. The molecule has 0 atom stereocenters. The Bertz CT molecular complexity index is 446. The van der Waals surface area contributed by atoms with Gasteiger partial charge in [-0.3, -0.25) is 14.9 Å². The van der Waals surface area contributed by atoms with Gasteiger partial charge in [0.05, 0.1) is 18.5 Å². The van der Waals surface area contributed by atoms with Gasteiger partial charge in [0.15, 0.2) is 0 Å². The van der Waals surface area contributed by atoms with Crippen molar-refractivity contribution in [1.29, 1.82) is 0 Å². The molecule has 0 heterocycles. The Morgan fingerprint density at radius 2 is 2.25 bits per heavy atom. The maximum Gasteiger partial charge on any atom is 0.312 e. The topological polar surface area (TPSA) is 89.7 Å². The first-order chi connectivity index (χ1) is 7.45. The van der Waals surface area contributed by atoms with Crippen molar-refractivity contribution in [2.24, 2.45) is 0 Å². The molecule has 0 amide bonds. The van der Waals surface area contributed by atoms with E-state index in [2.05, 4.69) is 0 Å². The summed E-state index contributed by atoms with van der Waals surface area (Å²) in [5.41, 5.74) is -0.166. The van der Waals surface area contributed by atoms with E-state index in [1.807, 2.05) is 0 Å². The van der Waals surface area contributed by atoms with Crippen molar-refractivity contribution in [3.8, 4) is 5.75 Å². The number of methoxy groups -OCH3 is 1. The first kappa shape index (κ1) is 12.3. The second-order valence-electron chi connectivity index (χ2n) is 2.94. The first-order valence-corrected chi connectivity index (χ1v) is 4.56. The highest BCUT2D eigenvalue weighted by atomic mass is 35.5. The molecule has 0 aliphatic heterocycles. The van der Waals surface area contributed by atoms with Crippen molar-refractivity contribution in [3.63, 3.8) is 0 Å². The van der Waals surface area contributed by atoms with E-state index in [1.165, 1.54) is 13.2 Å². The van der Waals surface area contributed by atoms with E-state index in [0.29, 0.717) is 0 Å². The van der Waals surface area contributed by atoms with Gasteiger partial charge in [-0.15, -0.1) is 0 Å². The van der Waals surface area contributed by atoms with Crippen LogP contribution < -0.4 is 4.74 Å². The van der Waals surface area contributed by atoms with E-state index in [1.54, 1.807) is 0 Å². The molecular formula is C9H8ClNO5. The normalized spacial score (nSPS) is 9.88. The Labute approximate surface area is 95.6 Å². The third-order valence-electron chi connectivity index (χ3n) is 1.85. The molecule has 0 saturated heterocycles. The first-order valence-electron chi connectivity index (χ1n) is 4.18. The summed E-state index contributed by atoms with van der Waals surface area (Å²) in [4.78, 5) is 20.6. The van der Waals surface area contributed by atoms with Gasteiger partial charge in [-0.2, -0.15) is 0 Å². The van der Waals surface area contributed by atoms with E-state index < -0.39 is 10.9 Å². The molecule has 1 aromatic rings. The minimum absolute atomic E-state index is 0.0724. The van der Waals surface area contributed by atoms with E-state index in [-0.39, 0.29) is 28.4 Å². The molecule has 0 aliphatic rings. The van der Waals surface area contributed by atoms with Gasteiger partial charge >= 0.3 is 11.7 Å². The number of aliphatic carboxylic acids is 1. The lowest BCUT2D eigenvalue weighted by atomic mass is 10.1. The number of benzene rings is 1. The number of carboxylic acids is 1. The van der Waals surface area contributed by atoms with Crippen LogP contribution in [0, 0.1) is 10.1 Å². The molecule has 0 bridgehead atoms. The minimum Gasteiger partial charge on any atom is -0.490 e. The van der Waals surface area contributed by atoms with Crippen LogP contribution >= 0.6 is 11.6 Å². The van der Waals surface area contributed by atoms with Crippen LogP contribution in [0.4, 0.5) is 5.69 Å². The highest BCUT2D eigenvalue weighted by Crippen LogP contribution is 2.34. The minimum atomic E-state index is -1.12. The average Bonchev–Trinajstić information content (AvgIpc) is 2.15. The summed E-state index contributed by atoms with van der Waals surface area (Å²) in [5, 5.41) is 19.4. The average molecular weight is 246 g/mol. The summed E-state index contributed by atoms with van der Waals surface area (Å²) in [6.45, 7) is 0. The van der Waals surface area contributed by atoms with Crippen molar-refractivity contribution in [3.05, 3.63) is 32.8 Å². The summed E-state index contributed by atoms with van der Waals surface area (Å²) in [5.74, 6) is -1.19. The standard InChI is InChI=1S/C9H8ClNO5/c1-16-9-5(3-8(12)13)2-6(10)4-7(9)11(14)15/h2,4H,3H2,1H3,(H,12,13). The summed E-state index contributed by atoms with van der Waals surface area (Å²) < 4.78 is 4.83. The molecule has 7 heteroatoms. The second kappa shape index (κ2) is 4.80. The van der Waals surface area contributed by atoms with E-state index in [9.17, 15) is 14.9 Å². The van der Waals surface area contributed by atoms with Gasteiger partial charge in [0.2, 0.25) is 5.75 Å². The number of nitro benzene ring substituents is 1. The molecule has 6 nitrogen and oxygen atoms in total. The second-order valence-corrected chi connectivity index (χ2v) is 3.38. The molecule has 0 unspecified atom stereocenters. The van der Waals surface area contributed by atoms with Crippen LogP contribution in [0.25, 0.3) is 0 Å². The zero-order valence-corrected chi connectivity index (χ0v) is 9.02. The van der Waals surface area contributed by atoms with Crippen LogP contribution in [-0.2, 0) is 11.2 Å². The van der Waals surface area contributed by atoms with Crippen molar-refractivity contribution in [1.82, 2.24) is 0 Å². The Morgan fingerprint density at radius 3 is 2.69 bits per heavy atom. The number of halogens is 1. The smallest absolute Gasteiger partial charge is 0.312 e. The monoisotopic (exact) mass is 245 g/mol. The summed E-state index contributed by atoms with van der Waals surface area (Å²) in [6, 6.07) is 2.45. The van der Waals surface area contributed by atoms with Crippen molar-refractivity contribution < 1.29 is 19.6 Å². The van der Waals surface area contributed by atoms with Crippen LogP contribution in [0.15, 0.2) is 12.1 Å². The fraction of sp³-hybridized carbons (Fsp3) is 0.222. The largest absolute Gasteiger partial charge is 0.490 e. The van der Waals surface area contributed by atoms with E-state index in [0.717, 1.165) is 6.07 Å². The van der Waals surface area contributed by atoms with Gasteiger partial charge < -0.3 is 9.84 Å². The molecule has 0 aromatic heterocycles. The highest BCUT2D eigenvalue weighted by Gasteiger charge is 2.21. The van der Waals surface area contributed by atoms with Crippen LogP contribution in [0.3, 0.4) is 0 Å². The Morgan fingerprint density at radius 1 is 1.62 bits per heavy atom. The van der Waals surface area contributed by atoms with Crippen LogP contribution in [0.1, 0.15) is 5.56 Å². The molecular weight excluding hydrogens is 238 g/mol. The van der Waals surface area contributed by atoms with E-state index >= 15 is 0 Å². The summed E-state index contributed by atoms with van der Waals surface area (Å²) >= 11 is 5.65. The number of hydrogen-bond donors (Lipinski definition) is 1. The number of nitrogens with zero attached hydrogens (tertiary/aromatic N) is 1. The zero-order chi connectivity index (χ0) is 12.3. The Kier molecular flexibility index (Phi) is 3.68. The van der Waals surface area contributed by atoms with Crippen LogP contribution in [-0.4, -0.2) is 23.1 Å². The Balaban J connectivity index is 3.35. The lowest BCUT2D eigenvalue weighted by molar-refractivity contribution is -0.385. The molecule has 1 N–H and O–H groups in total. The summed E-state index contributed by atoms with van der Waals surface area (Å²) in [7, 11) is 1.24. The van der Waals surface area contributed by atoms with Gasteiger partial charge in [0.1, 0.15) is 0 Å². The third-order valence-corrected chi connectivity index (χ3v) is 2.07. The van der Waals surface area contributed by atoms with Crippen molar-refractivity contribution in [2.75, 3.05) is 7.11 Å². The number of carboxylic acid groups (broad SMARTS) is 1. The fourth-order valence-corrected chi connectivity index (χ4v) is 1.53. The molecule has 0 saturated carbocycles. The van der Waals surface area contributed by atoms with Crippen molar-refractivity contribution >= 4 is 23.3 Å². The van der Waals surface area contributed by atoms with E-state index in [4.69, 9.17) is 21.4 Å². The number of ether oxygens (including phenoxy) is 1. The Hall–Kier alpha value is -1.82. The SMILES string of the molecule is COc1c(CC(=O)O)cc(Cl)cc1[N+](=O)[O-]. The van der Waals surface area contributed by atoms with Crippen LogP contribution in [0.2, 0.25) is 5.02 Å². The lowest BCUT2D eigenvalue weighted by Gasteiger charge is -2.07. The van der Waals surface area contributed by atoms with Crippen LogP contribution in [0.5, 0.6) is 5.75 Å². The van der Waals surface area contributed by atoms with Gasteiger partial charge in [-0.05, 0) is 6.07 Å². The highest BCUT2D eigenvalue weighted by molar-refractivity contribution is 6.31. The quantitative estimate of drug-likeness (QED) is 0.646. The molecule has 0 spiro atoms. The van der Waals surface area contributed by atoms with Crippen molar-refractivity contribution in [2.45, 2.75) is 6.42 Å². The molecule has 1 rings (SSSR count). The number of carbonyl (C=O) groups is 1. The maximum absolute atomic E-state index is 10.7. The van der Waals surface area contributed by atoms with Gasteiger partial charge in [-0.25, -0.2) is 0 Å². The third kappa shape index (κ3) is 2.60. The van der Waals surface area contributed by atoms with Gasteiger partial charge in [-0.1, -0.05) is 11.6 Å². The molecule has 0 fully saturated rings. The number of hydrogen-bond acceptors (Lipinski definition) is 4. The maximum atomic E-state index is 10.7. The molecule has 1 aromatic carbocycles. The fourth-order valence-electron chi connectivity index (χ4n) is 1.30.